The summed E-state index contributed by atoms with van der Waals surface area (Å²) in [6.45, 7) is 5.60. The topological polar surface area (TPSA) is 67.4 Å². The van der Waals surface area contributed by atoms with Crippen LogP contribution < -0.4 is 15.4 Å². The summed E-state index contributed by atoms with van der Waals surface area (Å²) in [5.74, 6) is 0.0621. The molecule has 0 saturated heterocycles. The van der Waals surface area contributed by atoms with Crippen LogP contribution in [0.25, 0.3) is 0 Å². The number of carbonyl (C=O) groups excluding carboxylic acids is 2. The Hall–Kier alpha value is -2.34. The van der Waals surface area contributed by atoms with Gasteiger partial charge in [-0.25, -0.2) is 0 Å². The molecule has 0 heterocycles. The van der Waals surface area contributed by atoms with Gasteiger partial charge in [0.1, 0.15) is 5.75 Å². The molecule has 26 heavy (non-hydrogen) atoms. The molecule has 0 bridgehead atoms. The van der Waals surface area contributed by atoms with Crippen molar-refractivity contribution in [1.82, 2.24) is 5.32 Å². The molecule has 5 nitrogen and oxygen atoms in total. The number of ether oxygens (including phenoxy) is 1. The van der Waals surface area contributed by atoms with E-state index >= 15 is 0 Å². The number of hydrogen-bond donors (Lipinski definition) is 2. The second-order valence-electron chi connectivity index (χ2n) is 6.03. The second-order valence-corrected chi connectivity index (χ2v) is 6.95. The lowest BCUT2D eigenvalue weighted by Gasteiger charge is -2.17. The summed E-state index contributed by atoms with van der Waals surface area (Å²) in [5.41, 5.74) is 0.890. The average Bonchev–Trinajstić information content (AvgIpc) is 2.63. The number of hydrogen-bond acceptors (Lipinski definition) is 3. The van der Waals surface area contributed by atoms with E-state index in [-0.39, 0.29) is 17.9 Å². The highest BCUT2D eigenvalue weighted by atomic mass is 79.9. The fraction of sp³-hybridized carbons (Fsp3) is 0.300. The number of benzene rings is 2. The quantitative estimate of drug-likeness (QED) is 0.700. The Kier molecular flexibility index (Phi) is 7.21. The van der Waals surface area contributed by atoms with Crippen LogP contribution in [-0.4, -0.2) is 24.0 Å². The van der Waals surface area contributed by atoms with Crippen LogP contribution in [0.3, 0.4) is 0 Å². The number of halogens is 1. The first-order valence-electron chi connectivity index (χ1n) is 8.53. The van der Waals surface area contributed by atoms with Crippen molar-refractivity contribution in [2.24, 2.45) is 0 Å². The minimum absolute atomic E-state index is 0.0610. The first kappa shape index (κ1) is 20.0. The van der Waals surface area contributed by atoms with Crippen molar-refractivity contribution in [3.05, 3.63) is 58.6 Å². The molecule has 0 unspecified atom stereocenters. The summed E-state index contributed by atoms with van der Waals surface area (Å²) < 4.78 is 6.59. The van der Waals surface area contributed by atoms with Gasteiger partial charge in [0.2, 0.25) is 0 Å². The van der Waals surface area contributed by atoms with Crippen LogP contribution in [0, 0.1) is 0 Å². The zero-order valence-electron chi connectivity index (χ0n) is 15.1. The molecule has 2 rings (SSSR count). The van der Waals surface area contributed by atoms with Gasteiger partial charge in [-0.1, -0.05) is 35.0 Å². The van der Waals surface area contributed by atoms with E-state index < -0.39 is 6.10 Å². The van der Waals surface area contributed by atoms with Crippen LogP contribution in [0.4, 0.5) is 5.69 Å². The van der Waals surface area contributed by atoms with E-state index in [9.17, 15) is 9.59 Å². The largest absolute Gasteiger partial charge is 0.481 e. The molecule has 2 N–H and O–H groups in total. The predicted molar refractivity (Wildman–Crippen MR) is 107 cm³/mol. The van der Waals surface area contributed by atoms with E-state index in [1.807, 2.05) is 26.0 Å². The van der Waals surface area contributed by atoms with Crippen LogP contribution in [-0.2, 0) is 4.79 Å². The predicted octanol–water partition coefficient (Wildman–Crippen LogP) is 4.38. The minimum Gasteiger partial charge on any atom is -0.481 e. The summed E-state index contributed by atoms with van der Waals surface area (Å²) >= 11 is 3.36. The van der Waals surface area contributed by atoms with Gasteiger partial charge in [0.15, 0.2) is 6.10 Å². The van der Waals surface area contributed by atoms with Gasteiger partial charge < -0.3 is 15.4 Å². The monoisotopic (exact) mass is 418 g/mol. The molecule has 0 aromatic heterocycles. The van der Waals surface area contributed by atoms with E-state index in [2.05, 4.69) is 26.6 Å². The average molecular weight is 419 g/mol. The SMILES string of the molecule is CC[C@@H](C)NC(=O)c1ccccc1NC(=O)[C@@H](C)Oc1ccc(Br)cc1. The normalized spacial score (nSPS) is 12.8. The summed E-state index contributed by atoms with van der Waals surface area (Å²) in [7, 11) is 0. The maximum Gasteiger partial charge on any atom is 0.265 e. The molecule has 0 spiro atoms. The number of anilines is 1. The third-order valence-electron chi connectivity index (χ3n) is 3.92. The van der Waals surface area contributed by atoms with Crippen molar-refractivity contribution in [3.8, 4) is 5.75 Å². The lowest BCUT2D eigenvalue weighted by molar-refractivity contribution is -0.122. The van der Waals surface area contributed by atoms with Crippen molar-refractivity contribution in [1.29, 1.82) is 0 Å². The van der Waals surface area contributed by atoms with E-state index in [1.165, 1.54) is 0 Å². The van der Waals surface area contributed by atoms with E-state index in [4.69, 9.17) is 4.74 Å². The summed E-state index contributed by atoms with van der Waals surface area (Å²) in [6, 6.07) is 14.2. The maximum atomic E-state index is 12.5. The third kappa shape index (κ3) is 5.59. The fourth-order valence-electron chi connectivity index (χ4n) is 2.20. The lowest BCUT2D eigenvalue weighted by Crippen LogP contribution is -2.34. The molecule has 0 radical (unpaired) electrons. The Morgan fingerprint density at radius 2 is 1.73 bits per heavy atom. The highest BCUT2D eigenvalue weighted by Gasteiger charge is 2.19. The molecule has 6 heteroatoms. The number of amides is 2. The second kappa shape index (κ2) is 9.38. The van der Waals surface area contributed by atoms with E-state index in [1.54, 1.807) is 43.3 Å². The van der Waals surface area contributed by atoms with Crippen molar-refractivity contribution in [2.75, 3.05) is 5.32 Å². The van der Waals surface area contributed by atoms with Crippen LogP contribution in [0.5, 0.6) is 5.75 Å². The van der Waals surface area contributed by atoms with Crippen LogP contribution in [0.1, 0.15) is 37.6 Å². The molecule has 2 amide bonds. The summed E-state index contributed by atoms with van der Waals surface area (Å²) in [6.07, 6.45) is 0.125. The third-order valence-corrected chi connectivity index (χ3v) is 4.44. The van der Waals surface area contributed by atoms with Gasteiger partial charge in [-0.3, -0.25) is 9.59 Å². The molecule has 0 aliphatic carbocycles. The van der Waals surface area contributed by atoms with Crippen molar-refractivity contribution >= 4 is 33.4 Å². The fourth-order valence-corrected chi connectivity index (χ4v) is 2.46. The number of rotatable bonds is 7. The highest BCUT2D eigenvalue weighted by Crippen LogP contribution is 2.19. The van der Waals surface area contributed by atoms with Gasteiger partial charge in [0.05, 0.1) is 11.3 Å². The van der Waals surface area contributed by atoms with E-state index in [0.29, 0.717) is 17.0 Å². The van der Waals surface area contributed by atoms with Gasteiger partial charge in [-0.2, -0.15) is 0 Å². The Morgan fingerprint density at radius 3 is 2.38 bits per heavy atom. The van der Waals surface area contributed by atoms with Gasteiger partial charge in [-0.05, 0) is 56.7 Å². The molecule has 138 valence electrons. The Labute approximate surface area is 162 Å². The molecule has 0 aliphatic rings. The lowest BCUT2D eigenvalue weighted by atomic mass is 10.1. The smallest absolute Gasteiger partial charge is 0.265 e. The molecule has 0 saturated carbocycles. The number of para-hydroxylation sites is 1. The summed E-state index contributed by atoms with van der Waals surface area (Å²) in [4.78, 5) is 24.9. The molecule has 2 aromatic carbocycles. The number of carbonyl (C=O) groups is 2. The molecular formula is C20H23BrN2O3. The van der Waals surface area contributed by atoms with Gasteiger partial charge in [0, 0.05) is 10.5 Å². The maximum absolute atomic E-state index is 12.5. The number of nitrogens with one attached hydrogen (secondary N) is 2. The van der Waals surface area contributed by atoms with Gasteiger partial charge in [-0.15, -0.1) is 0 Å². The minimum atomic E-state index is -0.707. The Morgan fingerprint density at radius 1 is 1.08 bits per heavy atom. The highest BCUT2D eigenvalue weighted by molar-refractivity contribution is 9.10. The van der Waals surface area contributed by atoms with E-state index in [0.717, 1.165) is 10.9 Å². The van der Waals surface area contributed by atoms with Gasteiger partial charge >= 0.3 is 0 Å². The van der Waals surface area contributed by atoms with Crippen molar-refractivity contribution < 1.29 is 14.3 Å². The first-order chi connectivity index (χ1) is 12.4. The van der Waals surface area contributed by atoms with Crippen molar-refractivity contribution in [3.63, 3.8) is 0 Å². The van der Waals surface area contributed by atoms with Gasteiger partial charge in [0.25, 0.3) is 11.8 Å². The van der Waals surface area contributed by atoms with Crippen molar-refractivity contribution in [2.45, 2.75) is 39.3 Å². The standard InChI is InChI=1S/C20H23BrN2O3/c1-4-13(2)22-20(25)17-7-5-6-8-18(17)23-19(24)14(3)26-16-11-9-15(21)10-12-16/h5-14H,4H2,1-3H3,(H,22,25)(H,23,24)/t13-,14-/m1/s1. The molecule has 2 aromatic rings. The Bertz CT molecular complexity index is 762. The molecule has 2 atom stereocenters. The first-order valence-corrected chi connectivity index (χ1v) is 9.33. The van der Waals surface area contributed by atoms with Crippen LogP contribution in [0.15, 0.2) is 53.0 Å². The molecule has 0 aliphatic heterocycles. The van der Waals surface area contributed by atoms with Crippen LogP contribution >= 0.6 is 15.9 Å². The Balaban J connectivity index is 2.06. The molecule has 0 fully saturated rings. The molecular weight excluding hydrogens is 396 g/mol. The zero-order chi connectivity index (χ0) is 19.1. The summed E-state index contributed by atoms with van der Waals surface area (Å²) in [5, 5.41) is 5.69. The zero-order valence-corrected chi connectivity index (χ0v) is 16.7. The van der Waals surface area contributed by atoms with Crippen LogP contribution in [0.2, 0.25) is 0 Å².